The molecule has 0 atom stereocenters. The number of nitrogens with one attached hydrogen (secondary N) is 1. The minimum absolute atomic E-state index is 0.0663. The Bertz CT molecular complexity index is 1040. The zero-order valence-electron chi connectivity index (χ0n) is 12.9. The normalized spacial score (nSPS) is 10.8. The van der Waals surface area contributed by atoms with Gasteiger partial charge in [-0.25, -0.2) is 0 Å². The first-order valence-electron chi connectivity index (χ1n) is 7.77. The summed E-state index contributed by atoms with van der Waals surface area (Å²) in [6.07, 6.45) is 3.79. The van der Waals surface area contributed by atoms with Crippen molar-refractivity contribution < 1.29 is 4.79 Å². The molecule has 0 saturated carbocycles. The third kappa shape index (κ3) is 2.82. The molecule has 0 radical (unpaired) electrons. The number of amides is 1. The molecule has 0 unspecified atom stereocenters. The number of nitrogens with zero attached hydrogens (tertiary/aromatic N) is 2. The van der Waals surface area contributed by atoms with Gasteiger partial charge in [0.25, 0.3) is 0 Å². The Morgan fingerprint density at radius 3 is 2.75 bits per heavy atom. The smallest absolute Gasteiger partial charge is 0.228 e. The maximum atomic E-state index is 12.4. The molecule has 0 aliphatic carbocycles. The molecule has 0 aliphatic heterocycles. The third-order valence-electron chi connectivity index (χ3n) is 3.93. The SMILES string of the molecule is O=C(Cc1cnc2ccccc2c1)Nc1cccc2ncccc12. The van der Waals surface area contributed by atoms with E-state index in [4.69, 9.17) is 0 Å². The number of aromatic nitrogens is 2. The molecule has 4 heteroatoms. The van der Waals surface area contributed by atoms with Crippen molar-refractivity contribution in [2.75, 3.05) is 5.32 Å². The highest BCUT2D eigenvalue weighted by Gasteiger charge is 2.08. The maximum absolute atomic E-state index is 12.4. The van der Waals surface area contributed by atoms with Gasteiger partial charge in [0, 0.05) is 23.2 Å². The monoisotopic (exact) mass is 313 g/mol. The Labute approximate surface area is 139 Å². The van der Waals surface area contributed by atoms with Gasteiger partial charge in [0.2, 0.25) is 5.91 Å². The topological polar surface area (TPSA) is 54.9 Å². The fourth-order valence-electron chi connectivity index (χ4n) is 2.81. The number of pyridine rings is 2. The van der Waals surface area contributed by atoms with Crippen molar-refractivity contribution in [3.63, 3.8) is 0 Å². The van der Waals surface area contributed by atoms with Gasteiger partial charge in [-0.1, -0.05) is 24.3 Å². The Balaban J connectivity index is 1.57. The highest BCUT2D eigenvalue weighted by atomic mass is 16.1. The van der Waals surface area contributed by atoms with Crippen molar-refractivity contribution in [3.8, 4) is 0 Å². The average molecular weight is 313 g/mol. The van der Waals surface area contributed by atoms with Gasteiger partial charge in [0.05, 0.1) is 23.1 Å². The van der Waals surface area contributed by atoms with Crippen LogP contribution in [0.3, 0.4) is 0 Å². The number of rotatable bonds is 3. The van der Waals surface area contributed by atoms with Gasteiger partial charge in [-0.05, 0) is 42.0 Å². The van der Waals surface area contributed by atoms with Gasteiger partial charge in [0.15, 0.2) is 0 Å². The number of hydrogen-bond acceptors (Lipinski definition) is 3. The van der Waals surface area contributed by atoms with E-state index in [0.717, 1.165) is 33.1 Å². The summed E-state index contributed by atoms with van der Waals surface area (Å²) >= 11 is 0. The second kappa shape index (κ2) is 6.08. The molecule has 0 aliphatic rings. The molecule has 4 aromatic rings. The second-order valence-electron chi connectivity index (χ2n) is 5.64. The molecule has 24 heavy (non-hydrogen) atoms. The van der Waals surface area contributed by atoms with Crippen LogP contribution < -0.4 is 5.32 Å². The first-order valence-corrected chi connectivity index (χ1v) is 7.77. The van der Waals surface area contributed by atoms with E-state index in [1.165, 1.54) is 0 Å². The lowest BCUT2D eigenvalue weighted by Crippen LogP contribution is -2.14. The number of carbonyl (C=O) groups excluding carboxylic acids is 1. The van der Waals surface area contributed by atoms with Crippen molar-refractivity contribution in [1.29, 1.82) is 0 Å². The largest absolute Gasteiger partial charge is 0.325 e. The van der Waals surface area contributed by atoms with E-state index in [0.29, 0.717) is 0 Å². The van der Waals surface area contributed by atoms with Crippen LogP contribution in [0.15, 0.2) is 73.1 Å². The van der Waals surface area contributed by atoms with Crippen molar-refractivity contribution in [1.82, 2.24) is 9.97 Å². The zero-order valence-corrected chi connectivity index (χ0v) is 12.9. The summed E-state index contributed by atoms with van der Waals surface area (Å²) in [6.45, 7) is 0. The summed E-state index contributed by atoms with van der Waals surface area (Å²) in [5.74, 6) is -0.0663. The highest BCUT2D eigenvalue weighted by Crippen LogP contribution is 2.21. The predicted octanol–water partition coefficient (Wildman–Crippen LogP) is 3.96. The van der Waals surface area contributed by atoms with Gasteiger partial charge in [-0.3, -0.25) is 14.8 Å². The van der Waals surface area contributed by atoms with Crippen LogP contribution in [0.1, 0.15) is 5.56 Å². The van der Waals surface area contributed by atoms with Crippen LogP contribution in [0.4, 0.5) is 5.69 Å². The third-order valence-corrected chi connectivity index (χ3v) is 3.93. The number of fused-ring (bicyclic) bond motifs is 2. The minimum atomic E-state index is -0.0663. The molecule has 1 amide bonds. The first kappa shape index (κ1) is 14.3. The average Bonchev–Trinajstić information content (AvgIpc) is 2.62. The molecule has 2 aromatic carbocycles. The molecule has 0 bridgehead atoms. The minimum Gasteiger partial charge on any atom is -0.325 e. The summed E-state index contributed by atoms with van der Waals surface area (Å²) in [6, 6.07) is 19.4. The van der Waals surface area contributed by atoms with Gasteiger partial charge in [-0.2, -0.15) is 0 Å². The van der Waals surface area contributed by atoms with Crippen LogP contribution in [0.2, 0.25) is 0 Å². The van der Waals surface area contributed by atoms with Gasteiger partial charge >= 0.3 is 0 Å². The molecule has 0 spiro atoms. The molecular formula is C20H15N3O. The summed E-state index contributed by atoms with van der Waals surface area (Å²) in [7, 11) is 0. The second-order valence-corrected chi connectivity index (χ2v) is 5.64. The standard InChI is InChI=1S/C20H15N3O/c24-20(12-14-11-15-5-1-2-7-17(15)22-13-14)23-19-9-3-8-18-16(19)6-4-10-21-18/h1-11,13H,12H2,(H,23,24). The number of benzene rings is 2. The fourth-order valence-corrected chi connectivity index (χ4v) is 2.81. The van der Waals surface area contributed by atoms with Crippen LogP contribution in [-0.4, -0.2) is 15.9 Å². The van der Waals surface area contributed by atoms with Crippen LogP contribution in [-0.2, 0) is 11.2 Å². The van der Waals surface area contributed by atoms with E-state index in [1.54, 1.807) is 12.4 Å². The molecular weight excluding hydrogens is 298 g/mol. The van der Waals surface area contributed by atoms with Crippen LogP contribution in [0.25, 0.3) is 21.8 Å². The predicted molar refractivity (Wildman–Crippen MR) is 95.8 cm³/mol. The lowest BCUT2D eigenvalue weighted by Gasteiger charge is -2.08. The van der Waals surface area contributed by atoms with Crippen LogP contribution in [0.5, 0.6) is 0 Å². The summed E-state index contributed by atoms with van der Waals surface area (Å²) < 4.78 is 0. The lowest BCUT2D eigenvalue weighted by atomic mass is 10.1. The summed E-state index contributed by atoms with van der Waals surface area (Å²) in [5.41, 5.74) is 3.47. The van der Waals surface area contributed by atoms with Crippen molar-refractivity contribution in [2.45, 2.75) is 6.42 Å². The molecule has 0 saturated heterocycles. The molecule has 2 aromatic heterocycles. The lowest BCUT2D eigenvalue weighted by molar-refractivity contribution is -0.115. The van der Waals surface area contributed by atoms with Crippen molar-refractivity contribution >= 4 is 33.4 Å². The summed E-state index contributed by atoms with van der Waals surface area (Å²) in [4.78, 5) is 21.1. The van der Waals surface area contributed by atoms with E-state index in [2.05, 4.69) is 15.3 Å². The van der Waals surface area contributed by atoms with Gasteiger partial charge in [0.1, 0.15) is 0 Å². The van der Waals surface area contributed by atoms with Crippen LogP contribution >= 0.6 is 0 Å². The number of hydrogen-bond donors (Lipinski definition) is 1. The van der Waals surface area contributed by atoms with Crippen molar-refractivity contribution in [2.24, 2.45) is 0 Å². The number of carbonyl (C=O) groups is 1. The quantitative estimate of drug-likeness (QED) is 0.623. The summed E-state index contributed by atoms with van der Waals surface area (Å²) in [5, 5.41) is 4.95. The Hall–Kier alpha value is -3.27. The van der Waals surface area contributed by atoms with E-state index in [-0.39, 0.29) is 12.3 Å². The highest BCUT2D eigenvalue weighted by molar-refractivity contribution is 6.01. The number of para-hydroxylation sites is 1. The van der Waals surface area contributed by atoms with Gasteiger partial charge in [-0.15, -0.1) is 0 Å². The van der Waals surface area contributed by atoms with E-state index in [1.807, 2.05) is 60.7 Å². The molecule has 0 fully saturated rings. The Morgan fingerprint density at radius 1 is 0.917 bits per heavy atom. The number of anilines is 1. The maximum Gasteiger partial charge on any atom is 0.228 e. The van der Waals surface area contributed by atoms with Crippen LogP contribution in [0, 0.1) is 0 Å². The zero-order chi connectivity index (χ0) is 16.4. The molecule has 4 rings (SSSR count). The fraction of sp³-hybridized carbons (Fsp3) is 0.0500. The van der Waals surface area contributed by atoms with E-state index >= 15 is 0 Å². The van der Waals surface area contributed by atoms with Gasteiger partial charge < -0.3 is 5.32 Å². The molecule has 1 N–H and O–H groups in total. The van der Waals surface area contributed by atoms with Crippen molar-refractivity contribution in [3.05, 3.63) is 78.6 Å². The molecule has 2 heterocycles. The molecule has 4 nitrogen and oxygen atoms in total. The first-order chi connectivity index (χ1) is 11.8. The molecule has 116 valence electrons. The Kier molecular flexibility index (Phi) is 3.63. The van der Waals surface area contributed by atoms with E-state index in [9.17, 15) is 4.79 Å². The van der Waals surface area contributed by atoms with E-state index < -0.39 is 0 Å². The Morgan fingerprint density at radius 2 is 1.79 bits per heavy atom.